The van der Waals surface area contributed by atoms with Gasteiger partial charge in [-0.25, -0.2) is 0 Å². The number of nitrogens with zero attached hydrogens (tertiary/aromatic N) is 2. The highest BCUT2D eigenvalue weighted by Crippen LogP contribution is 2.18. The van der Waals surface area contributed by atoms with Gasteiger partial charge >= 0.3 is 0 Å². The van der Waals surface area contributed by atoms with E-state index in [2.05, 4.69) is 10.4 Å². The van der Waals surface area contributed by atoms with Crippen molar-refractivity contribution in [2.75, 3.05) is 13.7 Å². The van der Waals surface area contributed by atoms with E-state index in [1.165, 1.54) is 0 Å². The maximum Gasteiger partial charge on any atom is 0.251 e. The van der Waals surface area contributed by atoms with E-state index in [-0.39, 0.29) is 11.9 Å². The maximum atomic E-state index is 12.2. The Bertz CT molecular complexity index is 590. The van der Waals surface area contributed by atoms with Gasteiger partial charge in [0.25, 0.3) is 5.91 Å². The van der Waals surface area contributed by atoms with Gasteiger partial charge in [0, 0.05) is 31.5 Å². The number of ether oxygens (including phenoxy) is 1. The molecule has 2 aromatic rings. The molecule has 0 aliphatic heterocycles. The highest BCUT2D eigenvalue weighted by molar-refractivity contribution is 5.94. The molecule has 0 unspecified atom stereocenters. The zero-order valence-corrected chi connectivity index (χ0v) is 12.7. The summed E-state index contributed by atoms with van der Waals surface area (Å²) < 4.78 is 6.84. The van der Waals surface area contributed by atoms with Crippen LogP contribution in [0.2, 0.25) is 0 Å². The number of benzene rings is 1. The van der Waals surface area contributed by atoms with Gasteiger partial charge in [-0.2, -0.15) is 5.10 Å². The largest absolute Gasteiger partial charge is 0.383 e. The van der Waals surface area contributed by atoms with Crippen LogP contribution in [0.25, 0.3) is 11.1 Å². The Balaban J connectivity index is 2.06. The molecule has 0 radical (unpaired) electrons. The van der Waals surface area contributed by atoms with Crippen molar-refractivity contribution in [3.63, 3.8) is 0 Å². The first-order chi connectivity index (χ1) is 10.1. The minimum atomic E-state index is -0.0726. The first-order valence-electron chi connectivity index (χ1n) is 7.03. The van der Waals surface area contributed by atoms with Crippen molar-refractivity contribution in [2.24, 2.45) is 7.05 Å². The van der Waals surface area contributed by atoms with Crippen LogP contribution in [0.1, 0.15) is 23.7 Å². The number of hydrogen-bond donors (Lipinski definition) is 1. The standard InChI is InChI=1S/C16H21N3O2/c1-4-15(11-21-3)18-16(20)13-7-5-12(6-8-13)14-9-17-19(2)10-14/h5-10,15H,4,11H2,1-3H3,(H,18,20)/t15-/m0/s1. The second kappa shape index (κ2) is 7.04. The molecule has 0 saturated heterocycles. The van der Waals surface area contributed by atoms with Crippen LogP contribution in [0.3, 0.4) is 0 Å². The van der Waals surface area contributed by atoms with E-state index in [4.69, 9.17) is 4.74 Å². The van der Waals surface area contributed by atoms with Crippen LogP contribution in [0.4, 0.5) is 0 Å². The molecule has 0 saturated carbocycles. The Morgan fingerprint density at radius 3 is 2.57 bits per heavy atom. The molecular weight excluding hydrogens is 266 g/mol. The van der Waals surface area contributed by atoms with Gasteiger partial charge in [-0.1, -0.05) is 19.1 Å². The number of rotatable bonds is 6. The smallest absolute Gasteiger partial charge is 0.251 e. The van der Waals surface area contributed by atoms with Crippen molar-refractivity contribution >= 4 is 5.91 Å². The van der Waals surface area contributed by atoms with Crippen LogP contribution >= 0.6 is 0 Å². The molecule has 0 aliphatic rings. The first-order valence-corrected chi connectivity index (χ1v) is 7.03. The fraction of sp³-hybridized carbons (Fsp3) is 0.375. The predicted octanol–water partition coefficient (Wildman–Crippen LogP) is 2.24. The van der Waals surface area contributed by atoms with Gasteiger partial charge in [0.1, 0.15) is 0 Å². The Labute approximate surface area is 124 Å². The molecule has 1 atom stereocenters. The second-order valence-electron chi connectivity index (χ2n) is 5.01. The van der Waals surface area contributed by atoms with Crippen molar-refractivity contribution < 1.29 is 9.53 Å². The molecule has 1 aromatic carbocycles. The lowest BCUT2D eigenvalue weighted by Crippen LogP contribution is -2.37. The molecule has 21 heavy (non-hydrogen) atoms. The summed E-state index contributed by atoms with van der Waals surface area (Å²) in [7, 11) is 3.52. The number of methoxy groups -OCH3 is 1. The van der Waals surface area contributed by atoms with Gasteiger partial charge in [-0.05, 0) is 24.1 Å². The number of amides is 1. The van der Waals surface area contributed by atoms with E-state index in [1.54, 1.807) is 18.0 Å². The van der Waals surface area contributed by atoms with Crippen molar-refractivity contribution in [1.82, 2.24) is 15.1 Å². The third-order valence-electron chi connectivity index (χ3n) is 3.38. The van der Waals surface area contributed by atoms with E-state index >= 15 is 0 Å². The number of aryl methyl sites for hydroxylation is 1. The fourth-order valence-electron chi connectivity index (χ4n) is 2.12. The van der Waals surface area contributed by atoms with Crippen molar-refractivity contribution in [1.29, 1.82) is 0 Å². The average Bonchev–Trinajstić information content (AvgIpc) is 2.93. The summed E-state index contributed by atoms with van der Waals surface area (Å²) >= 11 is 0. The number of carbonyl (C=O) groups is 1. The first kappa shape index (κ1) is 15.3. The molecular formula is C16H21N3O2. The number of nitrogens with one attached hydrogen (secondary N) is 1. The summed E-state index contributed by atoms with van der Waals surface area (Å²) in [6.45, 7) is 2.55. The summed E-state index contributed by atoms with van der Waals surface area (Å²) in [6, 6.07) is 7.57. The summed E-state index contributed by atoms with van der Waals surface area (Å²) in [5, 5.41) is 7.11. The minimum Gasteiger partial charge on any atom is -0.383 e. The van der Waals surface area contributed by atoms with Crippen LogP contribution in [0.15, 0.2) is 36.7 Å². The number of hydrogen-bond acceptors (Lipinski definition) is 3. The zero-order valence-electron chi connectivity index (χ0n) is 12.7. The van der Waals surface area contributed by atoms with Crippen LogP contribution in [0, 0.1) is 0 Å². The number of aromatic nitrogens is 2. The Morgan fingerprint density at radius 1 is 1.33 bits per heavy atom. The summed E-state index contributed by atoms with van der Waals surface area (Å²) in [5.41, 5.74) is 2.73. The second-order valence-corrected chi connectivity index (χ2v) is 5.01. The molecule has 112 valence electrons. The van der Waals surface area contributed by atoms with Gasteiger partial charge in [0.15, 0.2) is 0 Å². The topological polar surface area (TPSA) is 56.1 Å². The minimum absolute atomic E-state index is 0.0421. The van der Waals surface area contributed by atoms with Crippen molar-refractivity contribution in [3.05, 3.63) is 42.2 Å². The van der Waals surface area contributed by atoms with Crippen molar-refractivity contribution in [3.8, 4) is 11.1 Å². The molecule has 0 bridgehead atoms. The lowest BCUT2D eigenvalue weighted by atomic mass is 10.1. The molecule has 1 heterocycles. The molecule has 0 spiro atoms. The maximum absolute atomic E-state index is 12.2. The molecule has 1 amide bonds. The van der Waals surface area contributed by atoms with E-state index in [0.717, 1.165) is 17.5 Å². The molecule has 0 fully saturated rings. The highest BCUT2D eigenvalue weighted by Gasteiger charge is 2.12. The highest BCUT2D eigenvalue weighted by atomic mass is 16.5. The monoisotopic (exact) mass is 287 g/mol. The molecule has 0 aliphatic carbocycles. The number of carbonyl (C=O) groups excluding carboxylic acids is 1. The normalized spacial score (nSPS) is 12.1. The van der Waals surface area contributed by atoms with Crippen LogP contribution in [-0.4, -0.2) is 35.4 Å². The zero-order chi connectivity index (χ0) is 15.2. The Morgan fingerprint density at radius 2 is 2.05 bits per heavy atom. The van der Waals surface area contributed by atoms with E-state index < -0.39 is 0 Å². The third kappa shape index (κ3) is 3.92. The van der Waals surface area contributed by atoms with E-state index in [1.807, 2.05) is 44.4 Å². The average molecular weight is 287 g/mol. The molecule has 1 aromatic heterocycles. The molecule has 5 nitrogen and oxygen atoms in total. The quantitative estimate of drug-likeness (QED) is 0.886. The predicted molar refractivity (Wildman–Crippen MR) is 82.1 cm³/mol. The van der Waals surface area contributed by atoms with Gasteiger partial charge < -0.3 is 10.1 Å². The summed E-state index contributed by atoms with van der Waals surface area (Å²) in [4.78, 5) is 12.2. The SMILES string of the molecule is CC[C@@H](COC)NC(=O)c1ccc(-c2cnn(C)c2)cc1. The van der Waals surface area contributed by atoms with Crippen LogP contribution < -0.4 is 5.32 Å². The van der Waals surface area contributed by atoms with Gasteiger partial charge in [-0.15, -0.1) is 0 Å². The Hall–Kier alpha value is -2.14. The van der Waals surface area contributed by atoms with Gasteiger partial charge in [0.2, 0.25) is 0 Å². The van der Waals surface area contributed by atoms with E-state index in [9.17, 15) is 4.79 Å². The lowest BCUT2D eigenvalue weighted by molar-refractivity contribution is 0.0894. The van der Waals surface area contributed by atoms with Crippen LogP contribution in [0.5, 0.6) is 0 Å². The third-order valence-corrected chi connectivity index (χ3v) is 3.38. The fourth-order valence-corrected chi connectivity index (χ4v) is 2.12. The van der Waals surface area contributed by atoms with Gasteiger partial charge in [0.05, 0.1) is 18.8 Å². The van der Waals surface area contributed by atoms with E-state index in [0.29, 0.717) is 12.2 Å². The lowest BCUT2D eigenvalue weighted by Gasteiger charge is -2.15. The van der Waals surface area contributed by atoms with Gasteiger partial charge in [-0.3, -0.25) is 9.48 Å². The van der Waals surface area contributed by atoms with Crippen LogP contribution in [-0.2, 0) is 11.8 Å². The molecule has 1 N–H and O–H groups in total. The summed E-state index contributed by atoms with van der Waals surface area (Å²) in [6.07, 6.45) is 4.59. The molecule has 2 rings (SSSR count). The Kier molecular flexibility index (Phi) is 5.11. The summed E-state index contributed by atoms with van der Waals surface area (Å²) in [5.74, 6) is -0.0726. The molecule has 5 heteroatoms. The van der Waals surface area contributed by atoms with Crippen molar-refractivity contribution in [2.45, 2.75) is 19.4 Å².